The molecule has 6 nitrogen and oxygen atoms in total. The average molecular weight is 353 g/mol. The number of nitrogens with one attached hydrogen (secondary N) is 1. The van der Waals surface area contributed by atoms with E-state index in [0.29, 0.717) is 35.8 Å². The highest BCUT2D eigenvalue weighted by molar-refractivity contribution is 6.01. The van der Waals surface area contributed by atoms with E-state index in [-0.39, 0.29) is 24.3 Å². The summed E-state index contributed by atoms with van der Waals surface area (Å²) in [6, 6.07) is 3.59. The minimum atomic E-state index is -0.687. The second-order valence-corrected chi connectivity index (χ2v) is 6.75. The second-order valence-electron chi connectivity index (χ2n) is 6.75. The van der Waals surface area contributed by atoms with Crippen LogP contribution in [0, 0.1) is 5.92 Å². The molecule has 2 N–H and O–H groups in total. The van der Waals surface area contributed by atoms with E-state index < -0.39 is 6.10 Å². The molecule has 1 atom stereocenters. The number of ether oxygens (including phenoxy) is 3. The van der Waals surface area contributed by atoms with Crippen LogP contribution in [0.2, 0.25) is 0 Å². The first-order valence-corrected chi connectivity index (χ1v) is 8.61. The van der Waals surface area contributed by atoms with E-state index in [1.165, 1.54) is 14.2 Å². The lowest BCUT2D eigenvalue weighted by Gasteiger charge is -2.19. The van der Waals surface area contributed by atoms with Crippen molar-refractivity contribution in [2.45, 2.75) is 46.3 Å². The molecule has 1 rings (SSSR count). The standard InChI is InChI=1S/C19H31NO5/c1-12(2)7-16(22)19-17(24-6)8-15(23-5)9-18(19)25-11-14(21)10-20-13(3)4/h8-9,12-14,20-21H,7,10-11H2,1-6H3/t14-/m0/s1. The number of aliphatic hydroxyl groups excluding tert-OH is 1. The zero-order valence-electron chi connectivity index (χ0n) is 16.1. The van der Waals surface area contributed by atoms with Gasteiger partial charge in [0.15, 0.2) is 5.78 Å². The van der Waals surface area contributed by atoms with Crippen molar-refractivity contribution in [3.63, 3.8) is 0 Å². The number of benzene rings is 1. The Kier molecular flexibility index (Phi) is 8.72. The van der Waals surface area contributed by atoms with Crippen LogP contribution in [0.25, 0.3) is 0 Å². The van der Waals surface area contributed by atoms with Crippen LogP contribution in [0.1, 0.15) is 44.5 Å². The van der Waals surface area contributed by atoms with Crippen LogP contribution >= 0.6 is 0 Å². The second kappa shape index (κ2) is 10.3. The molecule has 1 aromatic rings. The van der Waals surface area contributed by atoms with E-state index in [2.05, 4.69) is 5.32 Å². The van der Waals surface area contributed by atoms with Crippen molar-refractivity contribution in [3.05, 3.63) is 17.7 Å². The summed E-state index contributed by atoms with van der Waals surface area (Å²) in [7, 11) is 3.04. The van der Waals surface area contributed by atoms with Gasteiger partial charge in [0.05, 0.1) is 14.2 Å². The minimum absolute atomic E-state index is 0.0562. The van der Waals surface area contributed by atoms with Crippen LogP contribution in [0.4, 0.5) is 0 Å². The topological polar surface area (TPSA) is 77.0 Å². The van der Waals surface area contributed by atoms with Gasteiger partial charge < -0.3 is 24.6 Å². The minimum Gasteiger partial charge on any atom is -0.496 e. The molecule has 0 fully saturated rings. The van der Waals surface area contributed by atoms with Gasteiger partial charge in [0.25, 0.3) is 0 Å². The first-order chi connectivity index (χ1) is 11.8. The van der Waals surface area contributed by atoms with Gasteiger partial charge in [0.1, 0.15) is 35.5 Å². The molecule has 0 amide bonds. The molecular weight excluding hydrogens is 322 g/mol. The first kappa shape index (κ1) is 21.3. The number of hydrogen-bond donors (Lipinski definition) is 2. The summed E-state index contributed by atoms with van der Waals surface area (Å²) in [5.74, 6) is 1.47. The summed E-state index contributed by atoms with van der Waals surface area (Å²) < 4.78 is 16.4. The lowest BCUT2D eigenvalue weighted by Crippen LogP contribution is -2.35. The quantitative estimate of drug-likeness (QED) is 0.596. The summed E-state index contributed by atoms with van der Waals surface area (Å²) in [4.78, 5) is 12.6. The van der Waals surface area contributed by atoms with E-state index in [1.807, 2.05) is 27.7 Å². The van der Waals surface area contributed by atoms with Crippen LogP contribution in [-0.2, 0) is 0 Å². The van der Waals surface area contributed by atoms with Crippen molar-refractivity contribution < 1.29 is 24.1 Å². The molecule has 25 heavy (non-hydrogen) atoms. The summed E-state index contributed by atoms with van der Waals surface area (Å²) in [6.45, 7) is 8.45. The molecule has 0 bridgehead atoms. The zero-order valence-corrected chi connectivity index (χ0v) is 16.1. The molecule has 0 heterocycles. The van der Waals surface area contributed by atoms with Gasteiger partial charge in [0.2, 0.25) is 0 Å². The molecule has 142 valence electrons. The fourth-order valence-corrected chi connectivity index (χ4v) is 2.32. The molecule has 1 aromatic carbocycles. The Bertz CT molecular complexity index is 557. The van der Waals surface area contributed by atoms with Gasteiger partial charge in [-0.2, -0.15) is 0 Å². The molecule has 6 heteroatoms. The van der Waals surface area contributed by atoms with Crippen molar-refractivity contribution in [1.82, 2.24) is 5.32 Å². The molecule has 0 spiro atoms. The van der Waals surface area contributed by atoms with E-state index in [4.69, 9.17) is 14.2 Å². The number of rotatable bonds is 11. The van der Waals surface area contributed by atoms with Gasteiger partial charge in [-0.05, 0) is 5.92 Å². The van der Waals surface area contributed by atoms with E-state index in [0.717, 1.165) is 0 Å². The predicted octanol–water partition coefficient (Wildman–Crippen LogP) is 2.67. The monoisotopic (exact) mass is 353 g/mol. The normalized spacial score (nSPS) is 12.4. The Morgan fingerprint density at radius 1 is 1.12 bits per heavy atom. The average Bonchev–Trinajstić information content (AvgIpc) is 2.56. The van der Waals surface area contributed by atoms with Crippen LogP contribution in [-0.4, -0.2) is 50.4 Å². The third-order valence-electron chi connectivity index (χ3n) is 3.56. The molecule has 0 radical (unpaired) electrons. The Morgan fingerprint density at radius 2 is 1.76 bits per heavy atom. The maximum absolute atomic E-state index is 12.6. The molecule has 0 aliphatic carbocycles. The van der Waals surface area contributed by atoms with Crippen molar-refractivity contribution in [2.75, 3.05) is 27.4 Å². The largest absolute Gasteiger partial charge is 0.496 e. The van der Waals surface area contributed by atoms with Gasteiger partial charge in [-0.15, -0.1) is 0 Å². The Labute approximate surface area is 150 Å². The van der Waals surface area contributed by atoms with Gasteiger partial charge in [0, 0.05) is 31.1 Å². The summed E-state index contributed by atoms with van der Waals surface area (Å²) in [5, 5.41) is 13.2. The molecule has 0 aromatic heterocycles. The number of carbonyl (C=O) groups excluding carboxylic acids is 1. The van der Waals surface area contributed by atoms with Crippen molar-refractivity contribution in [3.8, 4) is 17.2 Å². The van der Waals surface area contributed by atoms with Crippen LogP contribution in [0.5, 0.6) is 17.2 Å². The van der Waals surface area contributed by atoms with Gasteiger partial charge in [-0.3, -0.25) is 4.79 Å². The van der Waals surface area contributed by atoms with Gasteiger partial charge >= 0.3 is 0 Å². The molecule has 0 saturated heterocycles. The third kappa shape index (κ3) is 6.92. The van der Waals surface area contributed by atoms with Crippen molar-refractivity contribution >= 4 is 5.78 Å². The van der Waals surface area contributed by atoms with Crippen LogP contribution < -0.4 is 19.5 Å². The number of aliphatic hydroxyl groups is 1. The number of ketones is 1. The predicted molar refractivity (Wildman–Crippen MR) is 98.0 cm³/mol. The van der Waals surface area contributed by atoms with E-state index >= 15 is 0 Å². The molecule has 0 aliphatic rings. The fraction of sp³-hybridized carbons (Fsp3) is 0.632. The Balaban J connectivity index is 3.03. The fourth-order valence-electron chi connectivity index (χ4n) is 2.32. The lowest BCUT2D eigenvalue weighted by molar-refractivity contribution is 0.0929. The van der Waals surface area contributed by atoms with E-state index in [9.17, 15) is 9.90 Å². The number of carbonyl (C=O) groups is 1. The SMILES string of the molecule is COc1cc(OC)c(C(=O)CC(C)C)c(OC[C@@H](O)CNC(C)C)c1. The number of Topliss-reactive ketones (excluding diaryl/α,β-unsaturated/α-hetero) is 1. The lowest BCUT2D eigenvalue weighted by atomic mass is 9.99. The maximum Gasteiger partial charge on any atom is 0.170 e. The highest BCUT2D eigenvalue weighted by Crippen LogP contribution is 2.35. The van der Waals surface area contributed by atoms with E-state index in [1.54, 1.807) is 12.1 Å². The highest BCUT2D eigenvalue weighted by atomic mass is 16.5. The molecular formula is C19H31NO5. The third-order valence-corrected chi connectivity index (χ3v) is 3.56. The summed E-state index contributed by atoms with van der Waals surface area (Å²) >= 11 is 0. The number of methoxy groups -OCH3 is 2. The maximum atomic E-state index is 12.6. The van der Waals surface area contributed by atoms with Crippen LogP contribution in [0.15, 0.2) is 12.1 Å². The first-order valence-electron chi connectivity index (χ1n) is 8.61. The molecule has 0 unspecified atom stereocenters. The highest BCUT2D eigenvalue weighted by Gasteiger charge is 2.22. The van der Waals surface area contributed by atoms with Crippen LogP contribution in [0.3, 0.4) is 0 Å². The van der Waals surface area contributed by atoms with Crippen molar-refractivity contribution in [2.24, 2.45) is 5.92 Å². The molecule has 0 aliphatic heterocycles. The van der Waals surface area contributed by atoms with Gasteiger partial charge in [-0.1, -0.05) is 27.7 Å². The zero-order chi connectivity index (χ0) is 19.0. The smallest absolute Gasteiger partial charge is 0.170 e. The Morgan fingerprint density at radius 3 is 2.28 bits per heavy atom. The number of hydrogen-bond acceptors (Lipinski definition) is 6. The summed E-state index contributed by atoms with van der Waals surface area (Å²) in [6.07, 6.45) is -0.302. The molecule has 0 saturated carbocycles. The van der Waals surface area contributed by atoms with Crippen molar-refractivity contribution in [1.29, 1.82) is 0 Å². The Hall–Kier alpha value is -1.79. The van der Waals surface area contributed by atoms with Gasteiger partial charge in [-0.25, -0.2) is 0 Å². The summed E-state index contributed by atoms with van der Waals surface area (Å²) in [5.41, 5.74) is 0.390.